The van der Waals surface area contributed by atoms with E-state index in [1.54, 1.807) is 17.0 Å². The minimum absolute atomic E-state index is 0.0523. The van der Waals surface area contributed by atoms with E-state index < -0.39 is 0 Å². The van der Waals surface area contributed by atoms with E-state index in [1.807, 2.05) is 0 Å². The Kier molecular flexibility index (Phi) is 2.72. The van der Waals surface area contributed by atoms with Crippen molar-refractivity contribution in [2.45, 2.75) is 6.54 Å². The minimum Gasteiger partial charge on any atom is -0.398 e. The Bertz CT molecular complexity index is 543. The molecule has 0 saturated heterocycles. The summed E-state index contributed by atoms with van der Waals surface area (Å²) in [5, 5.41) is 0. The number of anilines is 1. The molecular formula is C12H11FN2O. The Labute approximate surface area is 92.0 Å². The van der Waals surface area contributed by atoms with Gasteiger partial charge in [0, 0.05) is 36.8 Å². The van der Waals surface area contributed by atoms with Crippen LogP contribution in [-0.4, -0.2) is 4.57 Å². The Hall–Kier alpha value is -2.10. The van der Waals surface area contributed by atoms with Gasteiger partial charge >= 0.3 is 0 Å². The van der Waals surface area contributed by atoms with Gasteiger partial charge in [0.1, 0.15) is 5.82 Å². The molecule has 2 aromatic rings. The molecule has 0 aliphatic rings. The third-order valence-corrected chi connectivity index (χ3v) is 2.32. The van der Waals surface area contributed by atoms with Crippen LogP contribution in [0.5, 0.6) is 0 Å². The van der Waals surface area contributed by atoms with Gasteiger partial charge in [-0.1, -0.05) is 0 Å². The van der Waals surface area contributed by atoms with E-state index in [1.165, 1.54) is 30.3 Å². The first-order valence-corrected chi connectivity index (χ1v) is 4.85. The Morgan fingerprint density at radius 3 is 2.56 bits per heavy atom. The third-order valence-electron chi connectivity index (χ3n) is 2.32. The lowest BCUT2D eigenvalue weighted by molar-refractivity contribution is 0.624. The van der Waals surface area contributed by atoms with Crippen LogP contribution in [0.1, 0.15) is 5.56 Å². The van der Waals surface area contributed by atoms with Gasteiger partial charge in [0.15, 0.2) is 5.43 Å². The van der Waals surface area contributed by atoms with Crippen LogP contribution in [0.15, 0.2) is 47.5 Å². The van der Waals surface area contributed by atoms with Gasteiger partial charge in [0.2, 0.25) is 0 Å². The highest BCUT2D eigenvalue weighted by atomic mass is 19.1. The molecule has 0 radical (unpaired) electrons. The maximum atomic E-state index is 13.0. The molecule has 0 amide bonds. The number of nitrogen functional groups attached to an aromatic ring is 1. The van der Waals surface area contributed by atoms with Gasteiger partial charge < -0.3 is 10.3 Å². The number of aromatic nitrogens is 1. The number of benzene rings is 1. The zero-order valence-electron chi connectivity index (χ0n) is 8.56. The third kappa shape index (κ3) is 2.28. The molecule has 0 bridgehead atoms. The van der Waals surface area contributed by atoms with Crippen molar-refractivity contribution in [1.82, 2.24) is 4.57 Å². The number of nitrogens with two attached hydrogens (primary N) is 1. The highest BCUT2D eigenvalue weighted by Gasteiger charge is 2.01. The van der Waals surface area contributed by atoms with Gasteiger partial charge in [0.05, 0.1) is 0 Å². The van der Waals surface area contributed by atoms with Gasteiger partial charge in [-0.05, 0) is 23.8 Å². The van der Waals surface area contributed by atoms with E-state index in [4.69, 9.17) is 5.73 Å². The largest absolute Gasteiger partial charge is 0.398 e. The maximum Gasteiger partial charge on any atom is 0.181 e. The zero-order valence-corrected chi connectivity index (χ0v) is 8.56. The van der Waals surface area contributed by atoms with Crippen LogP contribution in [0, 0.1) is 5.82 Å². The number of halogens is 1. The predicted molar refractivity (Wildman–Crippen MR) is 60.6 cm³/mol. The molecule has 0 saturated carbocycles. The lowest BCUT2D eigenvalue weighted by Gasteiger charge is -2.08. The van der Waals surface area contributed by atoms with Crippen molar-refractivity contribution in [3.63, 3.8) is 0 Å². The fraction of sp³-hybridized carbons (Fsp3) is 0.0833. The fourth-order valence-electron chi connectivity index (χ4n) is 1.46. The molecule has 0 aliphatic carbocycles. The fourth-order valence-corrected chi connectivity index (χ4v) is 1.46. The summed E-state index contributed by atoms with van der Waals surface area (Å²) < 4.78 is 14.8. The van der Waals surface area contributed by atoms with Crippen LogP contribution < -0.4 is 11.2 Å². The second-order valence-electron chi connectivity index (χ2n) is 3.55. The lowest BCUT2D eigenvalue weighted by Crippen LogP contribution is -2.06. The summed E-state index contributed by atoms with van der Waals surface area (Å²) >= 11 is 0. The molecule has 4 heteroatoms. The number of pyridine rings is 1. The number of hydrogen-bond donors (Lipinski definition) is 1. The van der Waals surface area contributed by atoms with Gasteiger partial charge in [-0.15, -0.1) is 0 Å². The molecule has 3 nitrogen and oxygen atoms in total. The first-order chi connectivity index (χ1) is 7.65. The monoisotopic (exact) mass is 218 g/mol. The van der Waals surface area contributed by atoms with Crippen LogP contribution in [0.25, 0.3) is 0 Å². The highest BCUT2D eigenvalue weighted by Crippen LogP contribution is 2.14. The van der Waals surface area contributed by atoms with Gasteiger partial charge in [0.25, 0.3) is 0 Å². The van der Waals surface area contributed by atoms with E-state index in [-0.39, 0.29) is 11.2 Å². The molecular weight excluding hydrogens is 207 g/mol. The molecule has 1 heterocycles. The van der Waals surface area contributed by atoms with Crippen molar-refractivity contribution in [1.29, 1.82) is 0 Å². The molecule has 0 aliphatic heterocycles. The molecule has 0 fully saturated rings. The van der Waals surface area contributed by atoms with Crippen LogP contribution in [0.3, 0.4) is 0 Å². The minimum atomic E-state index is -0.315. The standard InChI is InChI=1S/C12H11FN2O/c13-10-1-2-12(14)9(7-10)8-15-5-3-11(16)4-6-15/h1-7H,8,14H2. The van der Waals surface area contributed by atoms with E-state index in [0.717, 1.165) is 0 Å². The molecule has 0 unspecified atom stereocenters. The van der Waals surface area contributed by atoms with Crippen molar-refractivity contribution in [3.8, 4) is 0 Å². The summed E-state index contributed by atoms with van der Waals surface area (Å²) in [4.78, 5) is 10.9. The maximum absolute atomic E-state index is 13.0. The smallest absolute Gasteiger partial charge is 0.181 e. The molecule has 1 aromatic heterocycles. The van der Waals surface area contributed by atoms with Crippen molar-refractivity contribution >= 4 is 5.69 Å². The van der Waals surface area contributed by atoms with Gasteiger partial charge in [-0.2, -0.15) is 0 Å². The van der Waals surface area contributed by atoms with Crippen LogP contribution in [0.4, 0.5) is 10.1 Å². The lowest BCUT2D eigenvalue weighted by atomic mass is 10.1. The van der Waals surface area contributed by atoms with Crippen molar-refractivity contribution in [2.24, 2.45) is 0 Å². The highest BCUT2D eigenvalue weighted by molar-refractivity contribution is 5.46. The molecule has 82 valence electrons. The van der Waals surface area contributed by atoms with Gasteiger partial charge in [-0.25, -0.2) is 4.39 Å². The SMILES string of the molecule is Nc1ccc(F)cc1Cn1ccc(=O)cc1. The average molecular weight is 218 g/mol. The number of hydrogen-bond acceptors (Lipinski definition) is 2. The van der Waals surface area contributed by atoms with Crippen molar-refractivity contribution < 1.29 is 4.39 Å². The molecule has 2 N–H and O–H groups in total. The second kappa shape index (κ2) is 4.18. The first-order valence-electron chi connectivity index (χ1n) is 4.85. The Balaban J connectivity index is 2.30. The molecule has 1 aromatic carbocycles. The van der Waals surface area contributed by atoms with Crippen molar-refractivity contribution in [3.05, 3.63) is 64.3 Å². The van der Waals surface area contributed by atoms with Crippen molar-refractivity contribution in [2.75, 3.05) is 5.73 Å². The van der Waals surface area contributed by atoms with Crippen LogP contribution in [-0.2, 0) is 6.54 Å². The summed E-state index contributed by atoms with van der Waals surface area (Å²) in [6.45, 7) is 0.448. The summed E-state index contributed by atoms with van der Waals surface area (Å²) in [7, 11) is 0. The summed E-state index contributed by atoms with van der Waals surface area (Å²) in [6, 6.07) is 7.16. The van der Waals surface area contributed by atoms with E-state index in [0.29, 0.717) is 17.8 Å². The van der Waals surface area contributed by atoms with Crippen LogP contribution >= 0.6 is 0 Å². The Morgan fingerprint density at radius 2 is 1.88 bits per heavy atom. The molecule has 2 rings (SSSR count). The number of rotatable bonds is 2. The number of nitrogens with zero attached hydrogens (tertiary/aromatic N) is 1. The predicted octanol–water partition coefficient (Wildman–Crippen LogP) is 1.62. The molecule has 0 spiro atoms. The quantitative estimate of drug-likeness (QED) is 0.778. The van der Waals surface area contributed by atoms with Gasteiger partial charge in [-0.3, -0.25) is 4.79 Å². The molecule has 0 atom stereocenters. The normalized spacial score (nSPS) is 10.3. The topological polar surface area (TPSA) is 48.0 Å². The van der Waals surface area contributed by atoms with E-state index in [9.17, 15) is 9.18 Å². The van der Waals surface area contributed by atoms with E-state index in [2.05, 4.69) is 0 Å². The first kappa shape index (κ1) is 10.4. The zero-order chi connectivity index (χ0) is 11.5. The van der Waals surface area contributed by atoms with E-state index >= 15 is 0 Å². The Morgan fingerprint density at radius 1 is 1.19 bits per heavy atom. The summed E-state index contributed by atoms with van der Waals surface area (Å²) in [6.07, 6.45) is 3.29. The second-order valence-corrected chi connectivity index (χ2v) is 3.55. The van der Waals surface area contributed by atoms with Crippen LogP contribution in [0.2, 0.25) is 0 Å². The summed E-state index contributed by atoms with van der Waals surface area (Å²) in [5.41, 5.74) is 6.91. The average Bonchev–Trinajstić information content (AvgIpc) is 2.27. The summed E-state index contributed by atoms with van der Waals surface area (Å²) in [5.74, 6) is -0.315. The molecule has 16 heavy (non-hydrogen) atoms.